The Morgan fingerprint density at radius 2 is 2.00 bits per heavy atom. The lowest BCUT2D eigenvalue weighted by molar-refractivity contribution is 0.589. The molecule has 3 nitrogen and oxygen atoms in total. The summed E-state index contributed by atoms with van der Waals surface area (Å²) in [6.45, 7) is 11.4. The van der Waals surface area contributed by atoms with E-state index in [1.165, 1.54) is 11.3 Å². The smallest absolute Gasteiger partial charge is 0.0663 e. The fraction of sp³-hybridized carbons (Fsp3) is 0.471. The summed E-state index contributed by atoms with van der Waals surface area (Å²) < 4.78 is 1.99. The highest BCUT2D eigenvalue weighted by atomic mass is 35.5. The number of nitrogens with one attached hydrogen (secondary N) is 1. The van der Waals surface area contributed by atoms with Crippen LogP contribution in [0.4, 0.5) is 0 Å². The molecule has 1 aromatic carbocycles. The van der Waals surface area contributed by atoms with Gasteiger partial charge in [0.15, 0.2) is 0 Å². The highest BCUT2D eigenvalue weighted by molar-refractivity contribution is 6.31. The molecule has 0 aliphatic carbocycles. The lowest BCUT2D eigenvalue weighted by Gasteiger charge is -2.11. The normalized spacial score (nSPS) is 11.4. The fourth-order valence-corrected chi connectivity index (χ4v) is 2.81. The summed E-state index contributed by atoms with van der Waals surface area (Å²) >= 11 is 6.41. The van der Waals surface area contributed by atoms with Gasteiger partial charge in [-0.2, -0.15) is 5.10 Å². The summed E-state index contributed by atoms with van der Waals surface area (Å²) in [5.74, 6) is 0. The van der Waals surface area contributed by atoms with Gasteiger partial charge < -0.3 is 5.32 Å². The molecule has 0 aliphatic rings. The molecule has 21 heavy (non-hydrogen) atoms. The lowest BCUT2D eigenvalue weighted by Crippen LogP contribution is -2.22. The number of aromatic nitrogens is 2. The predicted molar refractivity (Wildman–Crippen MR) is 89.4 cm³/mol. The number of benzene rings is 1. The maximum absolute atomic E-state index is 6.41. The molecule has 0 atom stereocenters. The highest BCUT2D eigenvalue weighted by Crippen LogP contribution is 2.23. The monoisotopic (exact) mass is 305 g/mol. The van der Waals surface area contributed by atoms with E-state index in [0.717, 1.165) is 34.9 Å². The van der Waals surface area contributed by atoms with E-state index >= 15 is 0 Å². The number of hydrogen-bond acceptors (Lipinski definition) is 2. The summed E-state index contributed by atoms with van der Waals surface area (Å²) in [5, 5.41) is 8.81. The third-order valence-electron chi connectivity index (χ3n) is 3.78. The molecule has 2 aromatic rings. The van der Waals surface area contributed by atoms with E-state index in [1.807, 2.05) is 10.7 Å². The average molecular weight is 306 g/mol. The van der Waals surface area contributed by atoms with E-state index < -0.39 is 0 Å². The molecule has 0 bridgehead atoms. The lowest BCUT2D eigenvalue weighted by atomic mass is 10.1. The van der Waals surface area contributed by atoms with Gasteiger partial charge in [0, 0.05) is 23.3 Å². The van der Waals surface area contributed by atoms with E-state index in [-0.39, 0.29) is 0 Å². The Kier molecular flexibility index (Phi) is 5.07. The molecule has 1 aromatic heterocycles. The van der Waals surface area contributed by atoms with Crippen LogP contribution in [0.2, 0.25) is 5.02 Å². The topological polar surface area (TPSA) is 29.9 Å². The van der Waals surface area contributed by atoms with Crippen LogP contribution in [0.5, 0.6) is 0 Å². The molecule has 0 saturated carbocycles. The van der Waals surface area contributed by atoms with Crippen LogP contribution in [0.15, 0.2) is 18.2 Å². The molecular weight excluding hydrogens is 282 g/mol. The van der Waals surface area contributed by atoms with Gasteiger partial charge in [0.2, 0.25) is 0 Å². The standard InChI is InChI=1S/C17H24ClN3/c1-6-16-12(4)20-21(13(16)5)15-8-7-14(17(18)9-15)10-19-11(2)3/h7-9,11,19H,6,10H2,1-5H3. The van der Waals surface area contributed by atoms with Gasteiger partial charge in [0.1, 0.15) is 0 Å². The van der Waals surface area contributed by atoms with Crippen molar-refractivity contribution in [1.82, 2.24) is 15.1 Å². The third-order valence-corrected chi connectivity index (χ3v) is 4.13. The highest BCUT2D eigenvalue weighted by Gasteiger charge is 2.12. The first-order valence-electron chi connectivity index (χ1n) is 7.51. The molecule has 0 radical (unpaired) electrons. The van der Waals surface area contributed by atoms with E-state index in [2.05, 4.69) is 57.2 Å². The summed E-state index contributed by atoms with van der Waals surface area (Å²) in [4.78, 5) is 0. The van der Waals surface area contributed by atoms with Gasteiger partial charge in [-0.25, -0.2) is 4.68 Å². The molecule has 4 heteroatoms. The van der Waals surface area contributed by atoms with Crippen molar-refractivity contribution in [2.75, 3.05) is 0 Å². The quantitative estimate of drug-likeness (QED) is 0.897. The minimum atomic E-state index is 0.448. The second kappa shape index (κ2) is 6.63. The van der Waals surface area contributed by atoms with E-state index in [4.69, 9.17) is 11.6 Å². The minimum absolute atomic E-state index is 0.448. The summed E-state index contributed by atoms with van der Waals surface area (Å²) in [7, 11) is 0. The molecule has 2 rings (SSSR count). The summed E-state index contributed by atoms with van der Waals surface area (Å²) in [6.07, 6.45) is 1.00. The van der Waals surface area contributed by atoms with Gasteiger partial charge in [-0.05, 0) is 43.5 Å². The Balaban J connectivity index is 2.32. The zero-order valence-corrected chi connectivity index (χ0v) is 14.3. The van der Waals surface area contributed by atoms with Crippen LogP contribution in [0, 0.1) is 13.8 Å². The fourth-order valence-electron chi connectivity index (χ4n) is 2.56. The molecule has 0 fully saturated rings. The van der Waals surface area contributed by atoms with Gasteiger partial charge in [-0.1, -0.05) is 38.4 Å². The van der Waals surface area contributed by atoms with Gasteiger partial charge in [0.25, 0.3) is 0 Å². The molecule has 0 amide bonds. The Hall–Kier alpha value is -1.32. The molecule has 0 spiro atoms. The maximum Gasteiger partial charge on any atom is 0.0663 e. The average Bonchev–Trinajstić information content (AvgIpc) is 2.72. The Morgan fingerprint density at radius 3 is 2.52 bits per heavy atom. The zero-order chi connectivity index (χ0) is 15.6. The van der Waals surface area contributed by atoms with Crippen LogP contribution < -0.4 is 5.32 Å². The van der Waals surface area contributed by atoms with E-state index in [9.17, 15) is 0 Å². The van der Waals surface area contributed by atoms with Crippen molar-refractivity contribution < 1.29 is 0 Å². The van der Waals surface area contributed by atoms with Crippen LogP contribution in [-0.4, -0.2) is 15.8 Å². The van der Waals surface area contributed by atoms with Crippen LogP contribution in [0.3, 0.4) is 0 Å². The van der Waals surface area contributed by atoms with E-state index in [0.29, 0.717) is 6.04 Å². The molecular formula is C17H24ClN3. The number of halogens is 1. The number of hydrogen-bond donors (Lipinski definition) is 1. The van der Waals surface area contributed by atoms with Gasteiger partial charge in [-0.3, -0.25) is 0 Å². The number of rotatable bonds is 5. The van der Waals surface area contributed by atoms with Crippen LogP contribution >= 0.6 is 11.6 Å². The first-order valence-corrected chi connectivity index (χ1v) is 7.89. The first kappa shape index (κ1) is 16.1. The maximum atomic E-state index is 6.41. The van der Waals surface area contributed by atoms with Crippen LogP contribution in [0.25, 0.3) is 5.69 Å². The van der Waals surface area contributed by atoms with Crippen molar-refractivity contribution in [3.8, 4) is 5.69 Å². The van der Waals surface area contributed by atoms with Crippen LogP contribution in [0.1, 0.15) is 43.3 Å². The van der Waals surface area contributed by atoms with Gasteiger partial charge >= 0.3 is 0 Å². The second-order valence-corrected chi connectivity index (χ2v) is 6.13. The Morgan fingerprint density at radius 1 is 1.29 bits per heavy atom. The van der Waals surface area contributed by atoms with E-state index in [1.54, 1.807) is 0 Å². The van der Waals surface area contributed by atoms with Crippen molar-refractivity contribution in [3.05, 3.63) is 45.7 Å². The van der Waals surface area contributed by atoms with Crippen molar-refractivity contribution in [1.29, 1.82) is 0 Å². The van der Waals surface area contributed by atoms with Crippen molar-refractivity contribution in [3.63, 3.8) is 0 Å². The number of nitrogens with zero attached hydrogens (tertiary/aromatic N) is 2. The zero-order valence-electron chi connectivity index (χ0n) is 13.5. The van der Waals surface area contributed by atoms with Crippen molar-refractivity contribution >= 4 is 11.6 Å². The van der Waals surface area contributed by atoms with Crippen LogP contribution in [-0.2, 0) is 13.0 Å². The molecule has 114 valence electrons. The first-order chi connectivity index (χ1) is 9.93. The molecule has 1 heterocycles. The Bertz CT molecular complexity index is 629. The third kappa shape index (κ3) is 3.47. The van der Waals surface area contributed by atoms with Crippen molar-refractivity contribution in [2.45, 2.75) is 53.6 Å². The van der Waals surface area contributed by atoms with Gasteiger partial charge in [0.05, 0.1) is 11.4 Å². The molecule has 0 aliphatic heterocycles. The minimum Gasteiger partial charge on any atom is -0.310 e. The van der Waals surface area contributed by atoms with Gasteiger partial charge in [-0.15, -0.1) is 0 Å². The molecule has 0 unspecified atom stereocenters. The summed E-state index contributed by atoms with van der Waals surface area (Å²) in [5.41, 5.74) is 5.74. The molecule has 0 saturated heterocycles. The Labute approximate surface area is 132 Å². The predicted octanol–water partition coefficient (Wildman–Crippen LogP) is 4.20. The SMILES string of the molecule is CCc1c(C)nn(-c2ccc(CNC(C)C)c(Cl)c2)c1C. The second-order valence-electron chi connectivity index (χ2n) is 5.73. The van der Waals surface area contributed by atoms with Crippen molar-refractivity contribution in [2.24, 2.45) is 0 Å². The summed E-state index contributed by atoms with van der Waals surface area (Å²) in [6, 6.07) is 6.61. The molecule has 1 N–H and O–H groups in total. The largest absolute Gasteiger partial charge is 0.310 e. The number of aryl methyl sites for hydroxylation is 1.